The van der Waals surface area contributed by atoms with Crippen LogP contribution in [0.4, 0.5) is 0 Å². The predicted octanol–water partition coefficient (Wildman–Crippen LogP) is 2.95. The van der Waals surface area contributed by atoms with Crippen LogP contribution in [0.15, 0.2) is 42.5 Å². The van der Waals surface area contributed by atoms with Crippen LogP contribution in [0.1, 0.15) is 19.8 Å². The van der Waals surface area contributed by atoms with Gasteiger partial charge in [-0.2, -0.15) is 0 Å². The zero-order chi connectivity index (χ0) is 10.4. The molecular weight excluding hydrogens is 176 g/mol. The predicted molar refractivity (Wildman–Crippen MR) is 56.1 cm³/mol. The number of carbonyl (C=O) groups is 1. The summed E-state index contributed by atoms with van der Waals surface area (Å²) in [5.74, 6) is 0.229. The topological polar surface area (TPSA) is 26.3 Å². The van der Waals surface area contributed by atoms with Crippen molar-refractivity contribution in [2.45, 2.75) is 19.8 Å². The Morgan fingerprint density at radius 3 is 2.57 bits per heavy atom. The lowest BCUT2D eigenvalue weighted by Crippen LogP contribution is -2.10. The van der Waals surface area contributed by atoms with Gasteiger partial charge in [0.15, 0.2) is 0 Å². The Kier molecular flexibility index (Phi) is 3.92. The van der Waals surface area contributed by atoms with Gasteiger partial charge in [0.1, 0.15) is 5.75 Å². The number of hydrogen-bond donors (Lipinski definition) is 0. The molecule has 0 aliphatic heterocycles. The fourth-order valence-electron chi connectivity index (χ4n) is 1.07. The molecule has 0 aromatic heterocycles. The van der Waals surface area contributed by atoms with Crippen LogP contribution in [0, 0.1) is 0 Å². The van der Waals surface area contributed by atoms with Crippen molar-refractivity contribution in [1.82, 2.24) is 0 Å². The second kappa shape index (κ2) is 5.22. The molecule has 2 heteroatoms. The molecule has 74 valence electrons. The molecule has 0 heterocycles. The van der Waals surface area contributed by atoms with E-state index < -0.39 is 0 Å². The number of esters is 1. The van der Waals surface area contributed by atoms with E-state index in [0.717, 1.165) is 6.42 Å². The summed E-state index contributed by atoms with van der Waals surface area (Å²) in [6.07, 6.45) is 1.59. The standard InChI is InChI=1S/C12H14O2/c1-3-7-10(2)12(13)14-11-8-5-4-6-9-11/h4-6,8-9H,2-3,7H2,1H3. The van der Waals surface area contributed by atoms with Gasteiger partial charge in [0.25, 0.3) is 0 Å². The Morgan fingerprint density at radius 2 is 2.00 bits per heavy atom. The lowest BCUT2D eigenvalue weighted by atomic mass is 10.2. The first-order valence-electron chi connectivity index (χ1n) is 4.69. The van der Waals surface area contributed by atoms with E-state index in [1.165, 1.54) is 0 Å². The highest BCUT2D eigenvalue weighted by Gasteiger charge is 2.07. The molecular formula is C12H14O2. The third-order valence-electron chi connectivity index (χ3n) is 1.79. The number of benzene rings is 1. The number of para-hydroxylation sites is 1. The first-order valence-corrected chi connectivity index (χ1v) is 4.69. The van der Waals surface area contributed by atoms with Crippen molar-refractivity contribution in [2.24, 2.45) is 0 Å². The first-order chi connectivity index (χ1) is 6.74. The minimum atomic E-state index is -0.335. The van der Waals surface area contributed by atoms with E-state index in [1.54, 1.807) is 12.1 Å². The Morgan fingerprint density at radius 1 is 1.36 bits per heavy atom. The van der Waals surface area contributed by atoms with E-state index >= 15 is 0 Å². The van der Waals surface area contributed by atoms with Crippen LogP contribution >= 0.6 is 0 Å². The highest BCUT2D eigenvalue weighted by atomic mass is 16.5. The average Bonchev–Trinajstić information content (AvgIpc) is 2.19. The number of ether oxygens (including phenoxy) is 1. The summed E-state index contributed by atoms with van der Waals surface area (Å²) in [7, 11) is 0. The highest BCUT2D eigenvalue weighted by Crippen LogP contribution is 2.12. The summed E-state index contributed by atoms with van der Waals surface area (Å²) in [6.45, 7) is 5.67. The molecule has 0 aliphatic rings. The van der Waals surface area contributed by atoms with Gasteiger partial charge in [0, 0.05) is 5.57 Å². The van der Waals surface area contributed by atoms with Crippen LogP contribution in [0.25, 0.3) is 0 Å². The summed E-state index contributed by atoms with van der Waals surface area (Å²) in [4.78, 5) is 11.4. The zero-order valence-electron chi connectivity index (χ0n) is 8.32. The molecule has 0 spiro atoms. The van der Waals surface area contributed by atoms with Crippen molar-refractivity contribution in [3.05, 3.63) is 42.5 Å². The first kappa shape index (κ1) is 10.5. The fraction of sp³-hybridized carbons (Fsp3) is 0.250. The monoisotopic (exact) mass is 190 g/mol. The van der Waals surface area contributed by atoms with Crippen molar-refractivity contribution in [3.8, 4) is 5.75 Å². The molecule has 0 atom stereocenters. The van der Waals surface area contributed by atoms with Gasteiger partial charge in [-0.15, -0.1) is 0 Å². The number of rotatable bonds is 4. The molecule has 14 heavy (non-hydrogen) atoms. The van der Waals surface area contributed by atoms with Crippen LogP contribution < -0.4 is 4.74 Å². The Balaban J connectivity index is 2.53. The Hall–Kier alpha value is -1.57. The molecule has 0 bridgehead atoms. The van der Waals surface area contributed by atoms with E-state index in [4.69, 9.17) is 4.74 Å². The average molecular weight is 190 g/mol. The van der Waals surface area contributed by atoms with Crippen molar-refractivity contribution in [1.29, 1.82) is 0 Å². The van der Waals surface area contributed by atoms with Crippen LogP contribution in [-0.2, 0) is 4.79 Å². The van der Waals surface area contributed by atoms with Crippen LogP contribution in [0.3, 0.4) is 0 Å². The largest absolute Gasteiger partial charge is 0.423 e. The highest BCUT2D eigenvalue weighted by molar-refractivity contribution is 5.89. The number of hydrogen-bond acceptors (Lipinski definition) is 2. The zero-order valence-corrected chi connectivity index (χ0v) is 8.32. The molecule has 0 aliphatic carbocycles. The molecule has 0 radical (unpaired) electrons. The maximum atomic E-state index is 11.4. The molecule has 0 amide bonds. The molecule has 2 nitrogen and oxygen atoms in total. The smallest absolute Gasteiger partial charge is 0.338 e. The van der Waals surface area contributed by atoms with E-state index in [9.17, 15) is 4.79 Å². The van der Waals surface area contributed by atoms with Gasteiger partial charge < -0.3 is 4.74 Å². The summed E-state index contributed by atoms with van der Waals surface area (Å²) >= 11 is 0. The van der Waals surface area contributed by atoms with Gasteiger partial charge in [-0.05, 0) is 18.6 Å². The van der Waals surface area contributed by atoms with Crippen LogP contribution in [-0.4, -0.2) is 5.97 Å². The van der Waals surface area contributed by atoms with Crippen molar-refractivity contribution in [2.75, 3.05) is 0 Å². The van der Waals surface area contributed by atoms with Gasteiger partial charge in [0.05, 0.1) is 0 Å². The minimum Gasteiger partial charge on any atom is -0.423 e. The molecule has 0 saturated heterocycles. The van der Waals surface area contributed by atoms with Crippen molar-refractivity contribution in [3.63, 3.8) is 0 Å². The lowest BCUT2D eigenvalue weighted by Gasteiger charge is -2.04. The van der Waals surface area contributed by atoms with E-state index in [-0.39, 0.29) is 5.97 Å². The summed E-state index contributed by atoms with van der Waals surface area (Å²) in [5, 5.41) is 0. The van der Waals surface area contributed by atoms with Crippen molar-refractivity contribution < 1.29 is 9.53 Å². The van der Waals surface area contributed by atoms with Gasteiger partial charge in [-0.25, -0.2) is 4.79 Å². The summed E-state index contributed by atoms with van der Waals surface area (Å²) in [6, 6.07) is 9.02. The van der Waals surface area contributed by atoms with Gasteiger partial charge in [-0.1, -0.05) is 38.1 Å². The van der Waals surface area contributed by atoms with E-state index in [0.29, 0.717) is 17.7 Å². The molecule has 0 N–H and O–H groups in total. The maximum absolute atomic E-state index is 11.4. The molecule has 1 aromatic carbocycles. The van der Waals surface area contributed by atoms with Crippen LogP contribution in [0.2, 0.25) is 0 Å². The lowest BCUT2D eigenvalue weighted by molar-refractivity contribution is -0.130. The second-order valence-corrected chi connectivity index (χ2v) is 3.06. The van der Waals surface area contributed by atoms with Gasteiger partial charge >= 0.3 is 5.97 Å². The molecule has 1 rings (SSSR count). The fourth-order valence-corrected chi connectivity index (χ4v) is 1.07. The van der Waals surface area contributed by atoms with Gasteiger partial charge in [0.2, 0.25) is 0 Å². The van der Waals surface area contributed by atoms with E-state index in [2.05, 4.69) is 6.58 Å². The van der Waals surface area contributed by atoms with Crippen LogP contribution in [0.5, 0.6) is 5.75 Å². The Labute approximate surface area is 84.2 Å². The summed E-state index contributed by atoms with van der Waals surface area (Å²) < 4.78 is 5.09. The molecule has 1 aromatic rings. The number of carbonyl (C=O) groups excluding carboxylic acids is 1. The minimum absolute atomic E-state index is 0.335. The van der Waals surface area contributed by atoms with Gasteiger partial charge in [-0.3, -0.25) is 0 Å². The molecule has 0 saturated carbocycles. The SMILES string of the molecule is C=C(CCC)C(=O)Oc1ccccc1. The third kappa shape index (κ3) is 3.05. The summed E-state index contributed by atoms with van der Waals surface area (Å²) in [5.41, 5.74) is 0.524. The van der Waals surface area contributed by atoms with Crippen molar-refractivity contribution >= 4 is 5.97 Å². The second-order valence-electron chi connectivity index (χ2n) is 3.06. The van der Waals surface area contributed by atoms with E-state index in [1.807, 2.05) is 25.1 Å². The normalized spacial score (nSPS) is 9.50. The molecule has 0 unspecified atom stereocenters. The maximum Gasteiger partial charge on any atom is 0.338 e. The Bertz CT molecular complexity index is 314. The molecule has 0 fully saturated rings. The quantitative estimate of drug-likeness (QED) is 0.414. The third-order valence-corrected chi connectivity index (χ3v) is 1.79.